The maximum absolute atomic E-state index is 12.7. The van der Waals surface area contributed by atoms with Gasteiger partial charge in [-0.1, -0.05) is 60.7 Å². The molecular weight excluding hydrogens is 372 g/mol. The van der Waals surface area contributed by atoms with Crippen molar-refractivity contribution in [2.75, 3.05) is 13.2 Å². The molecule has 0 aliphatic rings. The third-order valence-electron chi connectivity index (χ3n) is 4.40. The monoisotopic (exact) mass is 398 g/mol. The van der Waals surface area contributed by atoms with Gasteiger partial charge in [0.2, 0.25) is 5.91 Å². The van der Waals surface area contributed by atoms with Crippen LogP contribution < -0.4 is 5.73 Å². The van der Waals surface area contributed by atoms with Gasteiger partial charge in [-0.25, -0.2) is 0 Å². The SMILES string of the molecule is NC(=O)CC[C@@H](C(=O)OCCc1ccccc1)N(CCc1ccccc1)OC=O. The largest absolute Gasteiger partial charge is 0.464 e. The first-order valence-corrected chi connectivity index (χ1v) is 9.50. The van der Waals surface area contributed by atoms with Gasteiger partial charge in [-0.05, 0) is 24.0 Å². The lowest BCUT2D eigenvalue weighted by Gasteiger charge is -2.27. The highest BCUT2D eigenvalue weighted by atomic mass is 16.7. The Kier molecular flexibility index (Phi) is 9.38. The van der Waals surface area contributed by atoms with E-state index in [0.29, 0.717) is 12.8 Å². The molecule has 154 valence electrons. The highest BCUT2D eigenvalue weighted by Gasteiger charge is 2.29. The maximum Gasteiger partial charge on any atom is 0.326 e. The number of hydrogen-bond donors (Lipinski definition) is 1. The molecule has 0 saturated carbocycles. The molecule has 0 saturated heterocycles. The zero-order valence-corrected chi connectivity index (χ0v) is 16.2. The number of primary amides is 1. The quantitative estimate of drug-likeness (QED) is 0.315. The van der Waals surface area contributed by atoms with E-state index in [1.165, 1.54) is 5.06 Å². The Labute approximate surface area is 170 Å². The molecule has 0 unspecified atom stereocenters. The van der Waals surface area contributed by atoms with Gasteiger partial charge in [-0.2, -0.15) is 0 Å². The van der Waals surface area contributed by atoms with Crippen LogP contribution in [-0.4, -0.2) is 42.6 Å². The van der Waals surface area contributed by atoms with Gasteiger partial charge in [0.1, 0.15) is 6.04 Å². The van der Waals surface area contributed by atoms with E-state index in [-0.39, 0.29) is 32.5 Å². The van der Waals surface area contributed by atoms with Gasteiger partial charge in [-0.3, -0.25) is 14.4 Å². The van der Waals surface area contributed by atoms with Crippen LogP contribution in [0.4, 0.5) is 0 Å². The maximum atomic E-state index is 12.7. The number of benzene rings is 2. The smallest absolute Gasteiger partial charge is 0.326 e. The van der Waals surface area contributed by atoms with Gasteiger partial charge in [0.05, 0.1) is 6.61 Å². The van der Waals surface area contributed by atoms with Crippen LogP contribution in [0.1, 0.15) is 24.0 Å². The number of hydrogen-bond acceptors (Lipinski definition) is 6. The average molecular weight is 398 g/mol. The molecule has 29 heavy (non-hydrogen) atoms. The average Bonchev–Trinajstić information content (AvgIpc) is 2.73. The molecule has 0 radical (unpaired) electrons. The van der Waals surface area contributed by atoms with Crippen molar-refractivity contribution in [1.82, 2.24) is 5.06 Å². The minimum atomic E-state index is -0.910. The lowest BCUT2D eigenvalue weighted by atomic mass is 10.1. The Bertz CT molecular complexity index is 767. The zero-order chi connectivity index (χ0) is 20.9. The minimum Gasteiger partial charge on any atom is -0.464 e. The molecule has 2 rings (SSSR count). The summed E-state index contributed by atoms with van der Waals surface area (Å²) in [4.78, 5) is 39.9. The number of ether oxygens (including phenoxy) is 1. The van der Waals surface area contributed by atoms with Crippen LogP contribution in [0.15, 0.2) is 60.7 Å². The fourth-order valence-corrected chi connectivity index (χ4v) is 2.89. The number of carbonyl (C=O) groups is 3. The number of carbonyl (C=O) groups excluding carboxylic acids is 3. The summed E-state index contributed by atoms with van der Waals surface area (Å²) in [5.74, 6) is -1.10. The summed E-state index contributed by atoms with van der Waals surface area (Å²) in [5, 5.41) is 1.26. The fourth-order valence-electron chi connectivity index (χ4n) is 2.89. The van der Waals surface area contributed by atoms with Gasteiger partial charge in [0.25, 0.3) is 0 Å². The Balaban J connectivity index is 1.99. The van der Waals surface area contributed by atoms with E-state index in [4.69, 9.17) is 15.3 Å². The normalized spacial score (nSPS) is 11.6. The van der Waals surface area contributed by atoms with Crippen molar-refractivity contribution in [3.05, 3.63) is 71.8 Å². The van der Waals surface area contributed by atoms with E-state index >= 15 is 0 Å². The van der Waals surface area contributed by atoms with Crippen molar-refractivity contribution >= 4 is 18.3 Å². The molecule has 0 fully saturated rings. The Morgan fingerprint density at radius 2 is 1.55 bits per heavy atom. The van der Waals surface area contributed by atoms with Crippen molar-refractivity contribution in [3.8, 4) is 0 Å². The number of amides is 1. The predicted molar refractivity (Wildman–Crippen MR) is 107 cm³/mol. The standard InChI is InChI=1S/C22H26N2O5/c23-21(26)12-11-20(22(27)28-16-14-19-9-5-2-6-10-19)24(29-17-25)15-13-18-7-3-1-4-8-18/h1-10,17,20H,11-16H2,(H2,23,26)/t20-/m0/s1. The van der Waals surface area contributed by atoms with E-state index < -0.39 is 17.9 Å². The number of esters is 1. The van der Waals surface area contributed by atoms with Crippen LogP contribution in [0.25, 0.3) is 0 Å². The summed E-state index contributed by atoms with van der Waals surface area (Å²) < 4.78 is 5.39. The van der Waals surface area contributed by atoms with Crippen molar-refractivity contribution < 1.29 is 24.0 Å². The van der Waals surface area contributed by atoms with Gasteiger partial charge < -0.3 is 15.3 Å². The predicted octanol–water partition coefficient (Wildman–Crippen LogP) is 2.04. The molecule has 7 nitrogen and oxygen atoms in total. The highest BCUT2D eigenvalue weighted by Crippen LogP contribution is 2.13. The van der Waals surface area contributed by atoms with Gasteiger partial charge >= 0.3 is 12.4 Å². The molecular formula is C22H26N2O5. The van der Waals surface area contributed by atoms with Crippen LogP contribution in [0.5, 0.6) is 0 Å². The first kappa shape index (κ1) is 22.1. The molecule has 0 bridgehead atoms. The van der Waals surface area contributed by atoms with Crippen molar-refractivity contribution in [3.63, 3.8) is 0 Å². The number of nitrogens with zero attached hydrogens (tertiary/aromatic N) is 1. The lowest BCUT2D eigenvalue weighted by Crippen LogP contribution is -2.44. The van der Waals surface area contributed by atoms with Crippen LogP contribution in [0.2, 0.25) is 0 Å². The molecule has 0 aromatic heterocycles. The molecule has 7 heteroatoms. The second kappa shape index (κ2) is 12.3. The zero-order valence-electron chi connectivity index (χ0n) is 16.2. The molecule has 0 heterocycles. The van der Waals surface area contributed by atoms with Gasteiger partial charge in [0.15, 0.2) is 0 Å². The summed E-state index contributed by atoms with van der Waals surface area (Å²) >= 11 is 0. The van der Waals surface area contributed by atoms with Crippen LogP contribution in [0, 0.1) is 0 Å². The molecule has 1 atom stereocenters. The van der Waals surface area contributed by atoms with Crippen LogP contribution in [0.3, 0.4) is 0 Å². The first-order valence-electron chi connectivity index (χ1n) is 9.50. The van der Waals surface area contributed by atoms with Crippen LogP contribution in [-0.2, 0) is 36.8 Å². The third-order valence-corrected chi connectivity index (χ3v) is 4.40. The molecule has 0 aliphatic heterocycles. The lowest BCUT2D eigenvalue weighted by molar-refractivity contribution is -0.196. The molecule has 2 aromatic carbocycles. The topological polar surface area (TPSA) is 98.9 Å². The van der Waals surface area contributed by atoms with Crippen LogP contribution >= 0.6 is 0 Å². The molecule has 2 aromatic rings. The van der Waals surface area contributed by atoms with E-state index in [9.17, 15) is 14.4 Å². The van der Waals surface area contributed by atoms with Crippen molar-refractivity contribution in [2.24, 2.45) is 5.73 Å². The summed E-state index contributed by atoms with van der Waals surface area (Å²) in [7, 11) is 0. The highest BCUT2D eigenvalue weighted by molar-refractivity contribution is 5.78. The van der Waals surface area contributed by atoms with E-state index in [1.807, 2.05) is 60.7 Å². The fraction of sp³-hybridized carbons (Fsp3) is 0.318. The number of hydroxylamine groups is 2. The van der Waals surface area contributed by atoms with Gasteiger partial charge in [-0.15, -0.1) is 5.06 Å². The third kappa shape index (κ3) is 8.15. The molecule has 2 N–H and O–H groups in total. The van der Waals surface area contributed by atoms with E-state index in [0.717, 1.165) is 11.1 Å². The Morgan fingerprint density at radius 1 is 0.966 bits per heavy atom. The summed E-state index contributed by atoms with van der Waals surface area (Å²) in [5.41, 5.74) is 7.30. The second-order valence-electron chi connectivity index (χ2n) is 6.50. The molecule has 0 spiro atoms. The summed E-state index contributed by atoms with van der Waals surface area (Å²) in [6.45, 7) is 0.725. The Morgan fingerprint density at radius 3 is 2.10 bits per heavy atom. The van der Waals surface area contributed by atoms with E-state index in [1.54, 1.807) is 0 Å². The Hall–Kier alpha value is -3.19. The second-order valence-corrected chi connectivity index (χ2v) is 6.50. The van der Waals surface area contributed by atoms with Crippen molar-refractivity contribution in [1.29, 1.82) is 0 Å². The number of rotatable bonds is 13. The van der Waals surface area contributed by atoms with Crippen molar-refractivity contribution in [2.45, 2.75) is 31.7 Å². The van der Waals surface area contributed by atoms with E-state index in [2.05, 4.69) is 0 Å². The summed E-state index contributed by atoms with van der Waals surface area (Å²) in [6, 6.07) is 18.3. The number of nitrogens with two attached hydrogens (primary N) is 1. The molecule has 1 amide bonds. The summed E-state index contributed by atoms with van der Waals surface area (Å²) in [6.07, 6.45) is 1.19. The molecule has 0 aliphatic carbocycles. The first-order chi connectivity index (χ1) is 14.1. The van der Waals surface area contributed by atoms with Gasteiger partial charge in [0, 0.05) is 19.4 Å². The minimum absolute atomic E-state index is 0.0253.